The van der Waals surface area contributed by atoms with Crippen LogP contribution in [-0.4, -0.2) is 9.79 Å². The quantitative estimate of drug-likeness (QED) is 0.568. The third-order valence-electron chi connectivity index (χ3n) is 3.38. The van der Waals surface area contributed by atoms with Gasteiger partial charge in [-0.3, -0.25) is 0 Å². The lowest BCUT2D eigenvalue weighted by Crippen LogP contribution is -2.35. The van der Waals surface area contributed by atoms with Crippen molar-refractivity contribution in [2.24, 2.45) is 24.3 Å². The second-order valence-corrected chi connectivity index (χ2v) is 5.21. The Labute approximate surface area is 126 Å². The summed E-state index contributed by atoms with van der Waals surface area (Å²) in [5, 5.41) is 20.1. The van der Waals surface area contributed by atoms with Gasteiger partial charge >= 0.3 is 0 Å². The highest BCUT2D eigenvalue weighted by atomic mass is 35.5. The average Bonchev–Trinajstić information content (AvgIpc) is 2.76. The minimum atomic E-state index is 0.0991. The first-order chi connectivity index (χ1) is 10.1. The Balaban J connectivity index is 2.11. The normalized spacial score (nSPS) is 11.6. The second-order valence-electron chi connectivity index (χ2n) is 4.77. The number of rotatable bonds is 2. The molecular formula is C15H14ClN4O+. The standard InChI is InChI=1S/C15H13ClN4O/c1-19-9-10-3-8-13(21)14(15(10)20(19)2)18-17-12-6-4-11(16)5-7-12/h3-9H,1-2H3/p+1. The lowest BCUT2D eigenvalue weighted by Gasteiger charge is -2.00. The van der Waals surface area contributed by atoms with Gasteiger partial charge in [-0.05, 0) is 36.4 Å². The van der Waals surface area contributed by atoms with E-state index >= 15 is 0 Å². The number of azo groups is 1. The average molecular weight is 302 g/mol. The number of halogens is 1. The van der Waals surface area contributed by atoms with Crippen molar-refractivity contribution in [1.29, 1.82) is 0 Å². The van der Waals surface area contributed by atoms with E-state index in [0.29, 0.717) is 16.4 Å². The monoisotopic (exact) mass is 301 g/mol. The molecule has 21 heavy (non-hydrogen) atoms. The molecule has 0 aliphatic carbocycles. The molecule has 106 valence electrons. The summed E-state index contributed by atoms with van der Waals surface area (Å²) in [7, 11) is 3.83. The first-order valence-corrected chi connectivity index (χ1v) is 6.78. The molecule has 0 aliphatic heterocycles. The number of hydrogen-bond donors (Lipinski definition) is 1. The number of hydrogen-bond acceptors (Lipinski definition) is 3. The molecule has 0 unspecified atom stereocenters. The van der Waals surface area contributed by atoms with Crippen molar-refractivity contribution in [3.8, 4) is 5.75 Å². The van der Waals surface area contributed by atoms with Crippen LogP contribution in [-0.2, 0) is 14.1 Å². The maximum atomic E-state index is 10.1. The van der Waals surface area contributed by atoms with Crippen molar-refractivity contribution in [2.75, 3.05) is 0 Å². The Morgan fingerprint density at radius 1 is 1.10 bits per heavy atom. The molecule has 0 amide bonds. The van der Waals surface area contributed by atoms with Crippen LogP contribution in [0.5, 0.6) is 5.75 Å². The number of phenolic OH excluding ortho intramolecular Hbond substituents is 1. The highest BCUT2D eigenvalue weighted by Gasteiger charge is 2.16. The summed E-state index contributed by atoms with van der Waals surface area (Å²) >= 11 is 5.84. The van der Waals surface area contributed by atoms with E-state index in [1.807, 2.05) is 35.7 Å². The molecule has 3 rings (SSSR count). The van der Waals surface area contributed by atoms with Gasteiger partial charge in [-0.25, -0.2) is 0 Å². The van der Waals surface area contributed by atoms with Crippen molar-refractivity contribution in [1.82, 2.24) is 4.68 Å². The topological polar surface area (TPSA) is 53.8 Å². The molecule has 0 aliphatic rings. The molecule has 0 spiro atoms. The van der Waals surface area contributed by atoms with E-state index in [-0.39, 0.29) is 5.75 Å². The van der Waals surface area contributed by atoms with Crippen LogP contribution in [0.25, 0.3) is 10.9 Å². The maximum Gasteiger partial charge on any atom is 0.203 e. The fourth-order valence-corrected chi connectivity index (χ4v) is 2.31. The minimum Gasteiger partial charge on any atom is -0.506 e. The Hall–Kier alpha value is -2.40. The van der Waals surface area contributed by atoms with E-state index < -0.39 is 0 Å². The van der Waals surface area contributed by atoms with Crippen LogP contribution in [0.2, 0.25) is 5.02 Å². The van der Waals surface area contributed by atoms with Crippen molar-refractivity contribution in [3.63, 3.8) is 0 Å². The zero-order valence-electron chi connectivity index (χ0n) is 11.7. The Bertz CT molecular complexity index is 837. The maximum absolute atomic E-state index is 10.1. The molecule has 0 saturated carbocycles. The summed E-state index contributed by atoms with van der Waals surface area (Å²) in [6.45, 7) is 0. The van der Waals surface area contributed by atoms with E-state index in [9.17, 15) is 5.11 Å². The van der Waals surface area contributed by atoms with Crippen LogP contribution in [0.4, 0.5) is 11.4 Å². The Morgan fingerprint density at radius 2 is 1.81 bits per heavy atom. The SMILES string of the molecule is Cn1c2c(N=Nc3ccc(Cl)cc3)c(O)ccc2c[n+]1C. The van der Waals surface area contributed by atoms with Crippen molar-refractivity contribution < 1.29 is 9.79 Å². The van der Waals surface area contributed by atoms with Crippen LogP contribution in [0.1, 0.15) is 0 Å². The fraction of sp³-hybridized carbons (Fsp3) is 0.133. The van der Waals surface area contributed by atoms with Crippen molar-refractivity contribution in [3.05, 3.63) is 47.6 Å². The first kappa shape index (κ1) is 13.6. The third kappa shape index (κ3) is 2.48. The zero-order valence-corrected chi connectivity index (χ0v) is 12.4. The second kappa shape index (κ2) is 5.18. The van der Waals surface area contributed by atoms with Gasteiger partial charge in [0.05, 0.1) is 18.1 Å². The van der Waals surface area contributed by atoms with Gasteiger partial charge in [0, 0.05) is 5.02 Å². The summed E-state index contributed by atoms with van der Waals surface area (Å²) in [6, 6.07) is 10.5. The molecular weight excluding hydrogens is 288 g/mol. The Morgan fingerprint density at radius 3 is 2.52 bits per heavy atom. The van der Waals surface area contributed by atoms with Gasteiger partial charge in [-0.1, -0.05) is 11.6 Å². The molecule has 1 aromatic heterocycles. The first-order valence-electron chi connectivity index (χ1n) is 6.41. The number of aryl methyl sites for hydroxylation is 2. The van der Waals surface area contributed by atoms with Crippen molar-refractivity contribution in [2.45, 2.75) is 0 Å². The number of phenols is 1. The van der Waals surface area contributed by atoms with Gasteiger partial charge in [-0.2, -0.15) is 9.80 Å². The molecule has 0 radical (unpaired) electrons. The van der Waals surface area contributed by atoms with E-state index in [4.69, 9.17) is 11.6 Å². The number of aromatic hydroxyl groups is 1. The number of benzene rings is 2. The predicted molar refractivity (Wildman–Crippen MR) is 81.4 cm³/mol. The zero-order chi connectivity index (χ0) is 15.0. The van der Waals surface area contributed by atoms with Crippen LogP contribution in [0.15, 0.2) is 52.8 Å². The van der Waals surface area contributed by atoms with E-state index in [1.165, 1.54) is 0 Å². The van der Waals surface area contributed by atoms with Crippen molar-refractivity contribution >= 4 is 33.9 Å². The molecule has 0 fully saturated rings. The fourth-order valence-electron chi connectivity index (χ4n) is 2.19. The molecule has 0 bridgehead atoms. The molecule has 2 aromatic carbocycles. The number of aromatic nitrogens is 2. The molecule has 1 N–H and O–H groups in total. The smallest absolute Gasteiger partial charge is 0.203 e. The molecule has 5 nitrogen and oxygen atoms in total. The van der Waals surface area contributed by atoms with E-state index in [1.54, 1.807) is 30.3 Å². The van der Waals surface area contributed by atoms with Gasteiger partial charge in [-0.15, -0.1) is 9.80 Å². The lowest BCUT2D eigenvalue weighted by molar-refractivity contribution is -0.748. The summed E-state index contributed by atoms with van der Waals surface area (Å²) in [5.74, 6) is 0.0991. The summed E-state index contributed by atoms with van der Waals surface area (Å²) in [5.41, 5.74) is 1.95. The van der Waals surface area contributed by atoms with Gasteiger partial charge in [0.1, 0.15) is 11.3 Å². The van der Waals surface area contributed by atoms with Gasteiger partial charge in [0.25, 0.3) is 0 Å². The highest BCUT2D eigenvalue weighted by molar-refractivity contribution is 6.30. The molecule has 0 atom stereocenters. The van der Waals surface area contributed by atoms with E-state index in [0.717, 1.165) is 10.9 Å². The Kier molecular flexibility index (Phi) is 3.35. The van der Waals surface area contributed by atoms with Gasteiger partial charge in [0.15, 0.2) is 12.7 Å². The summed E-state index contributed by atoms with van der Waals surface area (Å²) in [6.07, 6.45) is 1.97. The van der Waals surface area contributed by atoms with Crippen LogP contribution in [0.3, 0.4) is 0 Å². The molecule has 0 saturated heterocycles. The molecule has 6 heteroatoms. The predicted octanol–water partition coefficient (Wildman–Crippen LogP) is 3.78. The lowest BCUT2D eigenvalue weighted by atomic mass is 10.2. The molecule has 1 heterocycles. The van der Waals surface area contributed by atoms with Crippen LogP contribution < -0.4 is 4.68 Å². The number of nitrogens with zero attached hydrogens (tertiary/aromatic N) is 4. The van der Waals surface area contributed by atoms with Crippen LogP contribution in [0, 0.1) is 0 Å². The molecule has 3 aromatic rings. The summed E-state index contributed by atoms with van der Waals surface area (Å²) in [4.78, 5) is 0. The minimum absolute atomic E-state index is 0.0991. The highest BCUT2D eigenvalue weighted by Crippen LogP contribution is 2.35. The summed E-state index contributed by atoms with van der Waals surface area (Å²) < 4.78 is 3.83. The number of fused-ring (bicyclic) bond motifs is 1. The third-order valence-corrected chi connectivity index (χ3v) is 3.63. The largest absolute Gasteiger partial charge is 0.506 e. The van der Waals surface area contributed by atoms with Gasteiger partial charge < -0.3 is 5.11 Å². The van der Waals surface area contributed by atoms with Gasteiger partial charge in [0.2, 0.25) is 6.20 Å². The van der Waals surface area contributed by atoms with Crippen LogP contribution >= 0.6 is 11.6 Å². The van der Waals surface area contributed by atoms with E-state index in [2.05, 4.69) is 10.2 Å².